The predicted octanol–water partition coefficient (Wildman–Crippen LogP) is 5.56. The quantitative estimate of drug-likeness (QED) is 0.226. The summed E-state index contributed by atoms with van der Waals surface area (Å²) in [6.07, 6.45) is 10.9. The number of halogens is 4. The number of phenolic OH excluding ortho intramolecular Hbond substituents is 1. The van der Waals surface area contributed by atoms with Crippen molar-refractivity contribution in [1.82, 2.24) is 25.3 Å². The van der Waals surface area contributed by atoms with E-state index in [0.717, 1.165) is 25.7 Å². The summed E-state index contributed by atoms with van der Waals surface area (Å²) in [4.78, 5) is 15.2. The fraction of sp³-hybridized carbons (Fsp3) is 0.406. The molecule has 0 aliphatic carbocycles. The lowest BCUT2D eigenvalue weighted by molar-refractivity contribution is 0.00803. The van der Waals surface area contributed by atoms with Gasteiger partial charge in [0, 0.05) is 36.7 Å². The van der Waals surface area contributed by atoms with Crippen LogP contribution in [0.4, 0.5) is 23.4 Å². The molecule has 8 nitrogen and oxygen atoms in total. The molecule has 2 aromatic heterocycles. The first-order valence-electron chi connectivity index (χ1n) is 14.7. The molecule has 7 rings (SSSR count). The molecule has 4 aromatic rings. The third-order valence-electron chi connectivity index (χ3n) is 8.93. The van der Waals surface area contributed by atoms with Crippen molar-refractivity contribution in [3.8, 4) is 35.4 Å². The number of nitrogens with one attached hydrogen (secondary N) is 1. The van der Waals surface area contributed by atoms with Gasteiger partial charge in [0.05, 0.1) is 23.0 Å². The number of alkyl halides is 2. The Morgan fingerprint density at radius 2 is 1.95 bits per heavy atom. The lowest BCUT2D eigenvalue weighted by Gasteiger charge is -2.30. The molecule has 44 heavy (non-hydrogen) atoms. The molecule has 3 aliphatic heterocycles. The smallest absolute Gasteiger partial charge is 0.319 e. The van der Waals surface area contributed by atoms with E-state index in [-0.39, 0.29) is 59.1 Å². The number of hydrogen-bond donors (Lipinski definition) is 2. The van der Waals surface area contributed by atoms with Crippen molar-refractivity contribution >= 4 is 27.5 Å². The van der Waals surface area contributed by atoms with Gasteiger partial charge < -0.3 is 9.84 Å². The minimum atomic E-state index is -2.82. The number of terminal acetylenes is 1. The van der Waals surface area contributed by atoms with Crippen LogP contribution in [0.1, 0.15) is 44.1 Å². The molecule has 5 heterocycles. The number of hydrogen-bond acceptors (Lipinski definition) is 8. The maximum atomic E-state index is 16.6. The molecule has 0 radical (unpaired) electrons. The van der Waals surface area contributed by atoms with E-state index in [0.29, 0.717) is 42.6 Å². The zero-order valence-corrected chi connectivity index (χ0v) is 23.8. The summed E-state index contributed by atoms with van der Waals surface area (Å²) in [6, 6.07) is 5.18. The highest BCUT2D eigenvalue weighted by Crippen LogP contribution is 2.46. The zero-order valence-electron chi connectivity index (χ0n) is 23.8. The third-order valence-corrected chi connectivity index (χ3v) is 8.93. The third kappa shape index (κ3) is 4.84. The van der Waals surface area contributed by atoms with Crippen LogP contribution in [0.25, 0.3) is 32.9 Å². The van der Waals surface area contributed by atoms with Gasteiger partial charge in [0.2, 0.25) is 0 Å². The van der Waals surface area contributed by atoms with E-state index < -0.39 is 23.1 Å². The molecule has 0 unspecified atom stereocenters. The molecule has 0 spiro atoms. The minimum Gasteiger partial charge on any atom is -0.508 e. The van der Waals surface area contributed by atoms with Gasteiger partial charge in [-0.2, -0.15) is 9.97 Å². The van der Waals surface area contributed by atoms with Crippen LogP contribution in [-0.2, 0) is 0 Å². The lowest BCUT2D eigenvalue weighted by atomic mass is 9.94. The number of nitrogens with zero attached hydrogens (tertiary/aromatic N) is 5. The Labute approximate surface area is 251 Å². The molecule has 0 amide bonds. The second kappa shape index (κ2) is 10.7. The minimum absolute atomic E-state index is 0.0669. The van der Waals surface area contributed by atoms with Gasteiger partial charge in [-0.15, -0.1) is 6.42 Å². The van der Waals surface area contributed by atoms with E-state index in [2.05, 4.69) is 26.3 Å². The highest BCUT2D eigenvalue weighted by atomic mass is 19.3. The molecule has 2 N–H and O–H groups in total. The maximum Gasteiger partial charge on any atom is 0.319 e. The normalized spacial score (nSPS) is 21.8. The van der Waals surface area contributed by atoms with Crippen molar-refractivity contribution in [1.29, 1.82) is 0 Å². The average molecular weight is 607 g/mol. The molecular formula is C32H30F4N6O2. The lowest BCUT2D eigenvalue weighted by Crippen LogP contribution is -2.43. The maximum absolute atomic E-state index is 16.6. The van der Waals surface area contributed by atoms with E-state index in [1.165, 1.54) is 30.5 Å². The van der Waals surface area contributed by atoms with Crippen LogP contribution >= 0.6 is 0 Å². The number of phenols is 1. The second-order valence-electron chi connectivity index (χ2n) is 11.9. The van der Waals surface area contributed by atoms with Crippen LogP contribution in [0.15, 0.2) is 30.5 Å². The molecule has 3 saturated heterocycles. The summed E-state index contributed by atoms with van der Waals surface area (Å²) >= 11 is 0. The first kappa shape index (κ1) is 28.6. The molecule has 3 fully saturated rings. The Balaban J connectivity index is 1.37. The van der Waals surface area contributed by atoms with E-state index in [9.17, 15) is 18.3 Å². The molecule has 0 saturated carbocycles. The zero-order chi connectivity index (χ0) is 30.6. The molecule has 228 valence electrons. The summed E-state index contributed by atoms with van der Waals surface area (Å²) in [5.74, 6) is -1.84. The van der Waals surface area contributed by atoms with Crippen LogP contribution in [0.5, 0.6) is 11.8 Å². The average Bonchev–Trinajstić information content (AvgIpc) is 3.32. The van der Waals surface area contributed by atoms with Crippen molar-refractivity contribution in [3.05, 3.63) is 47.7 Å². The highest BCUT2D eigenvalue weighted by Gasteiger charge is 2.57. The molecule has 3 aliphatic rings. The summed E-state index contributed by atoms with van der Waals surface area (Å²) < 4.78 is 66.3. The van der Waals surface area contributed by atoms with Crippen molar-refractivity contribution in [2.75, 3.05) is 37.8 Å². The first-order valence-corrected chi connectivity index (χ1v) is 14.7. The molecular weight excluding hydrogens is 576 g/mol. The Bertz CT molecular complexity index is 1820. The van der Waals surface area contributed by atoms with Gasteiger partial charge in [-0.25, -0.2) is 23.0 Å². The number of aromatic hydroxyl groups is 1. The summed E-state index contributed by atoms with van der Waals surface area (Å²) in [6.45, 7) is 1.43. The van der Waals surface area contributed by atoms with Crippen LogP contribution in [0, 0.1) is 24.0 Å². The molecule has 0 bridgehead atoms. The number of pyridine rings is 1. The van der Waals surface area contributed by atoms with Gasteiger partial charge in [-0.3, -0.25) is 14.9 Å². The molecule has 2 aromatic carbocycles. The van der Waals surface area contributed by atoms with Gasteiger partial charge in [-0.05, 0) is 55.8 Å². The van der Waals surface area contributed by atoms with E-state index in [1.54, 1.807) is 4.90 Å². The van der Waals surface area contributed by atoms with Crippen molar-refractivity contribution in [2.24, 2.45) is 0 Å². The Morgan fingerprint density at radius 3 is 2.80 bits per heavy atom. The number of benzene rings is 2. The monoisotopic (exact) mass is 606 g/mol. The second-order valence-corrected chi connectivity index (χ2v) is 11.9. The van der Waals surface area contributed by atoms with Crippen LogP contribution < -0.4 is 15.2 Å². The highest BCUT2D eigenvalue weighted by molar-refractivity contribution is 6.03. The Hall–Kier alpha value is -4.21. The van der Waals surface area contributed by atoms with Crippen molar-refractivity contribution < 1.29 is 27.4 Å². The first-order chi connectivity index (χ1) is 21.2. The summed E-state index contributed by atoms with van der Waals surface area (Å²) in [7, 11) is 0. The van der Waals surface area contributed by atoms with Crippen molar-refractivity contribution in [2.45, 2.75) is 50.0 Å². The van der Waals surface area contributed by atoms with Gasteiger partial charge in [0.15, 0.2) is 11.6 Å². The predicted molar refractivity (Wildman–Crippen MR) is 158 cm³/mol. The van der Waals surface area contributed by atoms with Gasteiger partial charge in [0.1, 0.15) is 29.4 Å². The Kier molecular flexibility index (Phi) is 6.98. The fourth-order valence-corrected chi connectivity index (χ4v) is 6.95. The van der Waals surface area contributed by atoms with Crippen LogP contribution in [0.2, 0.25) is 0 Å². The van der Waals surface area contributed by atoms with Crippen molar-refractivity contribution in [3.63, 3.8) is 0 Å². The molecule has 12 heteroatoms. The summed E-state index contributed by atoms with van der Waals surface area (Å²) in [5.41, 5.74) is 2.16. The van der Waals surface area contributed by atoms with Crippen LogP contribution in [-0.4, -0.2) is 69.2 Å². The van der Waals surface area contributed by atoms with E-state index in [1.807, 2.05) is 5.01 Å². The molecule has 1 atom stereocenters. The van der Waals surface area contributed by atoms with Gasteiger partial charge in [0.25, 0.3) is 5.92 Å². The SMILES string of the molecule is C#Cc1c(F)ccc2cc(O)cc(-c3ncc4c(N5CCCCCN5)nc(OC[C@@]56CCCN5CC(F)(F)C6)nc4c3F)c12. The standard InChI is InChI=1S/C32H30F4N6O2/c1-2-21-24(33)8-7-19-13-20(43)14-22(25(19)21)27-26(34)28-23(15-37-27)29(42-12-5-3-4-10-38-42)40-30(39-28)44-18-31-9-6-11-41(31)17-32(35,36)16-31/h1,7-8,13-15,38,43H,3-6,9-12,16-18H2/t31-/m0/s1. The van der Waals surface area contributed by atoms with Crippen LogP contribution in [0.3, 0.4) is 0 Å². The Morgan fingerprint density at radius 1 is 1.09 bits per heavy atom. The summed E-state index contributed by atoms with van der Waals surface area (Å²) in [5, 5.41) is 13.2. The number of aromatic nitrogens is 3. The number of anilines is 1. The van der Waals surface area contributed by atoms with E-state index in [4.69, 9.17) is 11.2 Å². The van der Waals surface area contributed by atoms with Gasteiger partial charge in [-0.1, -0.05) is 18.4 Å². The largest absolute Gasteiger partial charge is 0.508 e. The topological polar surface area (TPSA) is 86.6 Å². The van der Waals surface area contributed by atoms with E-state index >= 15 is 4.39 Å². The number of rotatable bonds is 5. The number of hydrazine groups is 1. The number of fused-ring (bicyclic) bond motifs is 3. The number of ether oxygens (including phenoxy) is 1. The fourth-order valence-electron chi connectivity index (χ4n) is 6.95. The van der Waals surface area contributed by atoms with Gasteiger partial charge >= 0.3 is 6.01 Å².